The second-order valence-corrected chi connectivity index (χ2v) is 6.56. The van der Waals surface area contributed by atoms with Crippen molar-refractivity contribution in [1.82, 2.24) is 20.1 Å². The molecule has 0 unspecified atom stereocenters. The second-order valence-electron chi connectivity index (χ2n) is 6.56. The van der Waals surface area contributed by atoms with Gasteiger partial charge in [-0.15, -0.1) is 5.10 Å². The van der Waals surface area contributed by atoms with E-state index in [1.807, 2.05) is 23.2 Å². The van der Waals surface area contributed by atoms with Gasteiger partial charge < -0.3 is 4.90 Å². The maximum absolute atomic E-state index is 12.6. The highest BCUT2D eigenvalue weighted by Crippen LogP contribution is 2.25. The summed E-state index contributed by atoms with van der Waals surface area (Å²) in [5, 5.41) is 8.98. The molecule has 3 aromatic rings. The van der Waals surface area contributed by atoms with Crippen molar-refractivity contribution >= 4 is 16.8 Å². The third kappa shape index (κ3) is 3.36. The average Bonchev–Trinajstić information content (AvgIpc) is 2.69. The van der Waals surface area contributed by atoms with Crippen LogP contribution in [-0.4, -0.2) is 39.1 Å². The molecule has 1 saturated heterocycles. The van der Waals surface area contributed by atoms with Crippen molar-refractivity contribution in [3.63, 3.8) is 0 Å². The molecule has 0 aliphatic carbocycles. The fourth-order valence-corrected chi connectivity index (χ4v) is 3.64. The van der Waals surface area contributed by atoms with E-state index in [0.29, 0.717) is 11.6 Å². The number of carbonyl (C=O) groups excluding carboxylic acids is 1. The summed E-state index contributed by atoms with van der Waals surface area (Å²) in [7, 11) is 0. The monoisotopic (exact) mass is 332 g/mol. The van der Waals surface area contributed by atoms with Gasteiger partial charge in [-0.25, -0.2) is 0 Å². The summed E-state index contributed by atoms with van der Waals surface area (Å²) in [4.78, 5) is 19.0. The molecule has 1 amide bonds. The molecule has 1 aliphatic rings. The van der Waals surface area contributed by atoms with Crippen LogP contribution in [0.2, 0.25) is 0 Å². The van der Waals surface area contributed by atoms with Crippen LogP contribution in [0, 0.1) is 5.92 Å². The molecule has 4 rings (SSSR count). The Hall–Kier alpha value is -2.82. The van der Waals surface area contributed by atoms with Gasteiger partial charge in [0, 0.05) is 30.9 Å². The van der Waals surface area contributed by atoms with Crippen LogP contribution in [0.15, 0.2) is 54.9 Å². The molecule has 1 aliphatic heterocycles. The number of hydrogen-bond acceptors (Lipinski definition) is 4. The molecule has 0 saturated carbocycles. The van der Waals surface area contributed by atoms with Gasteiger partial charge in [-0.2, -0.15) is 5.10 Å². The van der Waals surface area contributed by atoms with E-state index < -0.39 is 0 Å². The Labute approximate surface area is 146 Å². The Balaban J connectivity index is 1.51. The molecule has 1 atom stereocenters. The van der Waals surface area contributed by atoms with Crippen LogP contribution >= 0.6 is 0 Å². The third-order valence-electron chi connectivity index (χ3n) is 4.85. The summed E-state index contributed by atoms with van der Waals surface area (Å²) in [6.07, 6.45) is 6.60. The van der Waals surface area contributed by atoms with Gasteiger partial charge in [0.25, 0.3) is 5.91 Å². The number of nitrogens with zero attached hydrogens (tertiary/aromatic N) is 4. The fourth-order valence-electron chi connectivity index (χ4n) is 3.64. The van der Waals surface area contributed by atoms with E-state index in [2.05, 4.69) is 33.4 Å². The number of fused-ring (bicyclic) bond motifs is 1. The van der Waals surface area contributed by atoms with Crippen molar-refractivity contribution < 1.29 is 4.79 Å². The van der Waals surface area contributed by atoms with Crippen molar-refractivity contribution in [2.75, 3.05) is 13.1 Å². The highest BCUT2D eigenvalue weighted by Gasteiger charge is 2.25. The quantitative estimate of drug-likeness (QED) is 0.739. The Bertz CT molecular complexity index is 876. The minimum Gasteiger partial charge on any atom is -0.337 e. The number of likely N-dealkylation sites (tertiary alicyclic amines) is 1. The normalized spacial score (nSPS) is 17.6. The minimum absolute atomic E-state index is 0.0163. The van der Waals surface area contributed by atoms with Crippen LogP contribution in [0.5, 0.6) is 0 Å². The lowest BCUT2D eigenvalue weighted by atomic mass is 9.90. The highest BCUT2D eigenvalue weighted by atomic mass is 16.2. The summed E-state index contributed by atoms with van der Waals surface area (Å²) in [6, 6.07) is 13.8. The van der Waals surface area contributed by atoms with Crippen molar-refractivity contribution in [3.8, 4) is 0 Å². The van der Waals surface area contributed by atoms with Crippen LogP contribution in [0.25, 0.3) is 10.9 Å². The van der Waals surface area contributed by atoms with Gasteiger partial charge >= 0.3 is 0 Å². The number of hydrogen-bond donors (Lipinski definition) is 0. The standard InChI is InChI=1S/C20H20N4O/c25-20(19-8-3-10-22-23-19)24-12-4-5-15(14-24)13-16-9-11-21-18-7-2-1-6-17(16)18/h1-3,6-11,15H,4-5,12-14H2/t15-/m0/s1. The summed E-state index contributed by atoms with van der Waals surface area (Å²) < 4.78 is 0. The molecule has 2 aromatic heterocycles. The minimum atomic E-state index is -0.0163. The number of benzene rings is 1. The first-order chi connectivity index (χ1) is 12.3. The lowest BCUT2D eigenvalue weighted by Gasteiger charge is -2.32. The maximum atomic E-state index is 12.6. The van der Waals surface area contributed by atoms with Gasteiger partial charge in [-0.05, 0) is 55.0 Å². The zero-order valence-corrected chi connectivity index (χ0v) is 14.0. The topological polar surface area (TPSA) is 59.0 Å². The lowest BCUT2D eigenvalue weighted by molar-refractivity contribution is 0.0666. The van der Waals surface area contributed by atoms with Gasteiger partial charge in [0.05, 0.1) is 5.52 Å². The first kappa shape index (κ1) is 15.7. The van der Waals surface area contributed by atoms with Crippen molar-refractivity contribution in [1.29, 1.82) is 0 Å². The van der Waals surface area contributed by atoms with Gasteiger partial charge in [0.1, 0.15) is 0 Å². The smallest absolute Gasteiger partial charge is 0.274 e. The Morgan fingerprint density at radius 3 is 2.92 bits per heavy atom. The Kier molecular flexibility index (Phi) is 4.37. The van der Waals surface area contributed by atoms with Crippen LogP contribution in [0.3, 0.4) is 0 Å². The SMILES string of the molecule is O=C(c1cccnn1)N1CCC[C@@H](Cc2ccnc3ccccc23)C1. The molecular formula is C20H20N4O. The van der Waals surface area contributed by atoms with Gasteiger partial charge in [0.2, 0.25) is 0 Å². The summed E-state index contributed by atoms with van der Waals surface area (Å²) in [5.41, 5.74) is 2.77. The summed E-state index contributed by atoms with van der Waals surface area (Å²) >= 11 is 0. The number of aromatic nitrogens is 3. The molecule has 25 heavy (non-hydrogen) atoms. The van der Waals surface area contributed by atoms with Crippen LogP contribution < -0.4 is 0 Å². The second kappa shape index (κ2) is 6.97. The number of rotatable bonds is 3. The Morgan fingerprint density at radius 1 is 1.12 bits per heavy atom. The molecule has 5 heteroatoms. The van der Waals surface area contributed by atoms with Crippen molar-refractivity contribution in [3.05, 3.63) is 66.1 Å². The van der Waals surface area contributed by atoms with Crippen molar-refractivity contribution in [2.24, 2.45) is 5.92 Å². The van der Waals surface area contributed by atoms with E-state index in [4.69, 9.17) is 0 Å². The van der Waals surface area contributed by atoms with Crippen molar-refractivity contribution in [2.45, 2.75) is 19.3 Å². The molecule has 5 nitrogen and oxygen atoms in total. The van der Waals surface area contributed by atoms with Crippen LogP contribution in [0.4, 0.5) is 0 Å². The zero-order valence-electron chi connectivity index (χ0n) is 14.0. The van der Waals surface area contributed by atoms with E-state index in [1.165, 1.54) is 10.9 Å². The first-order valence-electron chi connectivity index (χ1n) is 8.71. The molecular weight excluding hydrogens is 312 g/mol. The van der Waals surface area contributed by atoms with E-state index in [9.17, 15) is 4.79 Å². The predicted molar refractivity (Wildman–Crippen MR) is 96.1 cm³/mol. The van der Waals surface area contributed by atoms with Crippen LogP contribution in [0.1, 0.15) is 28.9 Å². The molecule has 3 heterocycles. The average molecular weight is 332 g/mol. The zero-order chi connectivity index (χ0) is 17.1. The third-order valence-corrected chi connectivity index (χ3v) is 4.85. The summed E-state index contributed by atoms with van der Waals surface area (Å²) in [5.74, 6) is 0.442. The number of para-hydroxylation sites is 1. The molecule has 0 N–H and O–H groups in total. The highest BCUT2D eigenvalue weighted by molar-refractivity contribution is 5.92. The number of carbonyl (C=O) groups is 1. The van der Waals surface area contributed by atoms with E-state index in [1.54, 1.807) is 18.3 Å². The number of amides is 1. The van der Waals surface area contributed by atoms with Gasteiger partial charge in [-0.3, -0.25) is 9.78 Å². The Morgan fingerprint density at radius 2 is 2.04 bits per heavy atom. The molecule has 0 bridgehead atoms. The number of piperidine rings is 1. The van der Waals surface area contributed by atoms with E-state index in [-0.39, 0.29) is 5.91 Å². The van der Waals surface area contributed by atoms with E-state index >= 15 is 0 Å². The summed E-state index contributed by atoms with van der Waals surface area (Å²) in [6.45, 7) is 1.56. The fraction of sp³-hybridized carbons (Fsp3) is 0.300. The molecule has 1 aromatic carbocycles. The molecule has 126 valence electrons. The number of pyridine rings is 1. The van der Waals surface area contributed by atoms with E-state index in [0.717, 1.165) is 37.9 Å². The molecule has 0 radical (unpaired) electrons. The first-order valence-corrected chi connectivity index (χ1v) is 8.71. The largest absolute Gasteiger partial charge is 0.337 e. The predicted octanol–water partition coefficient (Wildman–Crippen LogP) is 3.12. The lowest BCUT2D eigenvalue weighted by Crippen LogP contribution is -2.40. The van der Waals surface area contributed by atoms with Gasteiger partial charge in [-0.1, -0.05) is 18.2 Å². The maximum Gasteiger partial charge on any atom is 0.274 e. The molecule has 0 spiro atoms. The molecule has 1 fully saturated rings. The van der Waals surface area contributed by atoms with Gasteiger partial charge in [0.15, 0.2) is 5.69 Å². The van der Waals surface area contributed by atoms with Crippen LogP contribution in [-0.2, 0) is 6.42 Å².